The summed E-state index contributed by atoms with van der Waals surface area (Å²) in [5, 5.41) is 3.08. The van der Waals surface area contributed by atoms with Crippen LogP contribution in [-0.4, -0.2) is 37.5 Å². The molecule has 1 saturated heterocycles. The molecule has 2 N–H and O–H groups in total. The van der Waals surface area contributed by atoms with Crippen LogP contribution in [0.5, 0.6) is 0 Å². The van der Waals surface area contributed by atoms with Gasteiger partial charge in [0.25, 0.3) is 11.8 Å². The number of hydrogen-bond donors (Lipinski definition) is 2. The smallest absolute Gasteiger partial charge is 0.265 e. The molecular formula is C32H36N3O2S+. The highest BCUT2D eigenvalue weighted by atomic mass is 32.2. The fourth-order valence-electron chi connectivity index (χ4n) is 5.36. The van der Waals surface area contributed by atoms with Crippen molar-refractivity contribution >= 4 is 35.3 Å². The van der Waals surface area contributed by atoms with Crippen molar-refractivity contribution in [2.45, 2.75) is 50.6 Å². The molecule has 2 atom stereocenters. The van der Waals surface area contributed by atoms with E-state index in [2.05, 4.69) is 43.4 Å². The predicted octanol–water partition coefficient (Wildman–Crippen LogP) is 4.86. The molecule has 2 unspecified atom stereocenters. The molecule has 0 radical (unpaired) electrons. The number of benzene rings is 3. The minimum atomic E-state index is -0.0466. The molecule has 2 heterocycles. The molecule has 5 nitrogen and oxygen atoms in total. The van der Waals surface area contributed by atoms with Crippen LogP contribution in [0, 0.1) is 6.92 Å². The topological polar surface area (TPSA) is 53.9 Å². The summed E-state index contributed by atoms with van der Waals surface area (Å²) in [7, 11) is 0. The summed E-state index contributed by atoms with van der Waals surface area (Å²) in [5.41, 5.74) is 4.76. The number of aryl methyl sites for hydroxylation is 1. The molecule has 0 saturated carbocycles. The molecular weight excluding hydrogens is 490 g/mol. The highest BCUT2D eigenvalue weighted by Gasteiger charge is 2.29. The van der Waals surface area contributed by atoms with Crippen LogP contribution in [0.4, 0.5) is 5.69 Å². The van der Waals surface area contributed by atoms with Gasteiger partial charge >= 0.3 is 0 Å². The maximum Gasteiger partial charge on any atom is 0.265 e. The summed E-state index contributed by atoms with van der Waals surface area (Å²) in [6.45, 7) is 7.75. The Morgan fingerprint density at radius 3 is 2.68 bits per heavy atom. The zero-order chi connectivity index (χ0) is 26.5. The Bertz CT molecular complexity index is 1330. The number of hydrogen-bond acceptors (Lipinski definition) is 3. The summed E-state index contributed by atoms with van der Waals surface area (Å²) >= 11 is 1.50. The molecule has 0 aliphatic carbocycles. The van der Waals surface area contributed by atoms with Crippen molar-refractivity contribution in [2.75, 3.05) is 24.5 Å². The van der Waals surface area contributed by atoms with E-state index in [4.69, 9.17) is 0 Å². The zero-order valence-electron chi connectivity index (χ0n) is 22.2. The second kappa shape index (κ2) is 12.0. The van der Waals surface area contributed by atoms with Crippen molar-refractivity contribution in [1.29, 1.82) is 0 Å². The number of para-hydroxylation sites is 1. The van der Waals surface area contributed by atoms with Gasteiger partial charge in [0, 0.05) is 10.5 Å². The fourth-order valence-corrected chi connectivity index (χ4v) is 6.42. The Morgan fingerprint density at radius 2 is 1.89 bits per heavy atom. The van der Waals surface area contributed by atoms with Gasteiger partial charge in [0.05, 0.1) is 42.8 Å². The van der Waals surface area contributed by atoms with E-state index in [1.54, 1.807) is 4.90 Å². The molecule has 2 amide bonds. The Balaban J connectivity index is 1.27. The third kappa shape index (κ3) is 6.20. The summed E-state index contributed by atoms with van der Waals surface area (Å²) < 4.78 is 0. The van der Waals surface area contributed by atoms with Gasteiger partial charge < -0.3 is 15.1 Å². The minimum absolute atomic E-state index is 0.00790. The highest BCUT2D eigenvalue weighted by Crippen LogP contribution is 2.42. The normalized spacial score (nSPS) is 20.3. The van der Waals surface area contributed by atoms with Crippen LogP contribution in [0.25, 0.3) is 6.08 Å². The maximum absolute atomic E-state index is 13.6. The second-order valence-electron chi connectivity index (χ2n) is 10.4. The maximum atomic E-state index is 13.6. The Kier molecular flexibility index (Phi) is 8.30. The van der Waals surface area contributed by atoms with E-state index in [0.717, 1.165) is 28.3 Å². The monoisotopic (exact) mass is 526 g/mol. The van der Waals surface area contributed by atoms with Gasteiger partial charge in [0.1, 0.15) is 0 Å². The van der Waals surface area contributed by atoms with Gasteiger partial charge in [-0.1, -0.05) is 65.9 Å². The van der Waals surface area contributed by atoms with Gasteiger partial charge in [-0.2, -0.15) is 0 Å². The van der Waals surface area contributed by atoms with Crippen LogP contribution in [0.3, 0.4) is 0 Å². The number of thioether (sulfide) groups is 1. The Labute approximate surface area is 229 Å². The van der Waals surface area contributed by atoms with E-state index in [9.17, 15) is 9.59 Å². The van der Waals surface area contributed by atoms with Crippen LogP contribution < -0.4 is 15.1 Å². The quantitative estimate of drug-likeness (QED) is 0.432. The predicted molar refractivity (Wildman–Crippen MR) is 155 cm³/mol. The number of rotatable bonds is 7. The number of nitrogens with one attached hydrogen (secondary N) is 2. The molecule has 3 aromatic carbocycles. The number of fused-ring (bicyclic) bond motifs is 1. The van der Waals surface area contributed by atoms with Crippen molar-refractivity contribution in [3.05, 3.63) is 100.0 Å². The SMILES string of the molecule is Cc1cccc(CN2C(=O)C(=Cc3ccc(C(=O)NCC[NH+]4CCCCC4C)cc3)Sc3ccccc32)c1. The number of piperidine rings is 1. The minimum Gasteiger partial charge on any atom is -0.346 e. The van der Waals surface area contributed by atoms with Crippen molar-refractivity contribution in [3.8, 4) is 0 Å². The fraction of sp³-hybridized carbons (Fsp3) is 0.312. The third-order valence-electron chi connectivity index (χ3n) is 7.54. The largest absolute Gasteiger partial charge is 0.346 e. The van der Waals surface area contributed by atoms with Gasteiger partial charge in [0.2, 0.25) is 0 Å². The number of nitrogens with zero attached hydrogens (tertiary/aromatic N) is 1. The van der Waals surface area contributed by atoms with Crippen molar-refractivity contribution in [2.24, 2.45) is 0 Å². The summed E-state index contributed by atoms with van der Waals surface area (Å²) in [6.07, 6.45) is 5.80. The molecule has 0 bridgehead atoms. The standard InChI is InChI=1S/C32H35N3O2S/c1-23-8-7-10-26(20-23)22-35-28-11-3-4-12-29(28)38-30(32(35)37)21-25-13-15-27(16-14-25)31(36)33-17-19-34-18-6-5-9-24(34)2/h3-4,7-8,10-16,20-21,24H,5-6,9,17-19,22H2,1-2H3,(H,33,36)/p+1. The van der Waals surface area contributed by atoms with Crippen LogP contribution in [0.2, 0.25) is 0 Å². The lowest BCUT2D eigenvalue weighted by molar-refractivity contribution is -0.927. The lowest BCUT2D eigenvalue weighted by atomic mass is 10.0. The van der Waals surface area contributed by atoms with Crippen LogP contribution in [0.1, 0.15) is 53.2 Å². The molecule has 0 spiro atoms. The molecule has 2 aliphatic rings. The van der Waals surface area contributed by atoms with E-state index in [0.29, 0.717) is 29.6 Å². The van der Waals surface area contributed by atoms with Crippen LogP contribution >= 0.6 is 11.8 Å². The van der Waals surface area contributed by atoms with E-state index in [-0.39, 0.29) is 11.8 Å². The van der Waals surface area contributed by atoms with E-state index in [1.165, 1.54) is 43.1 Å². The van der Waals surface area contributed by atoms with Gasteiger partial charge in [-0.15, -0.1) is 0 Å². The molecule has 38 heavy (non-hydrogen) atoms. The molecule has 196 valence electrons. The summed E-state index contributed by atoms with van der Waals surface area (Å²) in [4.78, 5) is 31.5. The van der Waals surface area contributed by atoms with Crippen molar-refractivity contribution < 1.29 is 14.5 Å². The molecule has 3 aromatic rings. The molecule has 2 aliphatic heterocycles. The van der Waals surface area contributed by atoms with Gasteiger partial charge in [-0.05, 0) is 74.6 Å². The number of anilines is 1. The van der Waals surface area contributed by atoms with Gasteiger partial charge in [-0.3, -0.25) is 9.59 Å². The lowest BCUT2D eigenvalue weighted by Crippen LogP contribution is -3.16. The highest BCUT2D eigenvalue weighted by molar-refractivity contribution is 8.04. The first kappa shape index (κ1) is 26.3. The molecule has 1 fully saturated rings. The molecule has 5 rings (SSSR count). The van der Waals surface area contributed by atoms with Crippen LogP contribution in [-0.2, 0) is 11.3 Å². The first-order valence-electron chi connectivity index (χ1n) is 13.6. The zero-order valence-corrected chi connectivity index (χ0v) is 23.0. The average molecular weight is 527 g/mol. The Hall–Kier alpha value is -3.35. The third-order valence-corrected chi connectivity index (χ3v) is 8.62. The first-order chi connectivity index (χ1) is 18.5. The van der Waals surface area contributed by atoms with E-state index < -0.39 is 0 Å². The van der Waals surface area contributed by atoms with Crippen molar-refractivity contribution in [1.82, 2.24) is 5.32 Å². The van der Waals surface area contributed by atoms with E-state index in [1.807, 2.05) is 59.5 Å². The lowest BCUT2D eigenvalue weighted by Gasteiger charge is -2.30. The average Bonchev–Trinajstić information content (AvgIpc) is 2.92. The molecule has 0 aromatic heterocycles. The number of quaternary nitrogens is 1. The Morgan fingerprint density at radius 1 is 1.08 bits per heavy atom. The number of carbonyl (C=O) groups is 2. The summed E-state index contributed by atoms with van der Waals surface area (Å²) in [5.74, 6) is -0.0545. The van der Waals surface area contributed by atoms with Crippen molar-refractivity contribution in [3.63, 3.8) is 0 Å². The number of carbonyl (C=O) groups excluding carboxylic acids is 2. The first-order valence-corrected chi connectivity index (χ1v) is 14.4. The van der Waals surface area contributed by atoms with Crippen LogP contribution in [0.15, 0.2) is 82.6 Å². The summed E-state index contributed by atoms with van der Waals surface area (Å²) in [6, 6.07) is 24.5. The van der Waals surface area contributed by atoms with Gasteiger partial charge in [0.15, 0.2) is 0 Å². The number of amides is 2. The van der Waals surface area contributed by atoms with Gasteiger partial charge in [-0.25, -0.2) is 0 Å². The number of likely N-dealkylation sites (tertiary alicyclic amines) is 1. The second-order valence-corrected chi connectivity index (χ2v) is 11.5. The van der Waals surface area contributed by atoms with E-state index >= 15 is 0 Å². The molecule has 6 heteroatoms.